The first-order valence-corrected chi connectivity index (χ1v) is 10.4. The van der Waals surface area contributed by atoms with Gasteiger partial charge in [0.1, 0.15) is 22.9 Å². The molecular formula is C24H19F6N3O2. The van der Waals surface area contributed by atoms with Crippen molar-refractivity contribution < 1.29 is 35.8 Å². The number of alkyl halides is 6. The zero-order valence-corrected chi connectivity index (χ0v) is 18.7. The van der Waals surface area contributed by atoms with Gasteiger partial charge in [0.25, 0.3) is 0 Å². The molecule has 2 heterocycles. The number of hydrogen-bond acceptors (Lipinski definition) is 4. The lowest BCUT2D eigenvalue weighted by molar-refractivity contribution is -0.148. The van der Waals surface area contributed by atoms with Gasteiger partial charge in [0.2, 0.25) is 0 Å². The molecule has 0 aliphatic carbocycles. The molecule has 0 saturated heterocycles. The van der Waals surface area contributed by atoms with E-state index in [-0.39, 0.29) is 23.4 Å². The fourth-order valence-corrected chi connectivity index (χ4v) is 3.55. The van der Waals surface area contributed by atoms with Crippen LogP contribution in [-0.2, 0) is 12.4 Å². The average Bonchev–Trinajstić information content (AvgIpc) is 3.16. The van der Waals surface area contributed by atoms with E-state index < -0.39 is 29.4 Å². The molecule has 11 heteroatoms. The minimum atomic E-state index is -5.11. The number of hydrogen-bond donors (Lipinski definition) is 0. The van der Waals surface area contributed by atoms with E-state index in [0.29, 0.717) is 27.1 Å². The van der Waals surface area contributed by atoms with Gasteiger partial charge in [0.05, 0.1) is 18.8 Å². The van der Waals surface area contributed by atoms with E-state index >= 15 is 0 Å². The van der Waals surface area contributed by atoms with Crippen molar-refractivity contribution in [2.75, 3.05) is 7.11 Å². The molecule has 0 bridgehead atoms. The summed E-state index contributed by atoms with van der Waals surface area (Å²) in [6.45, 7) is 3.67. The molecule has 0 radical (unpaired) electrons. The highest BCUT2D eigenvalue weighted by atomic mass is 19.4. The van der Waals surface area contributed by atoms with Crippen LogP contribution in [0, 0.1) is 0 Å². The molecule has 0 spiro atoms. The quantitative estimate of drug-likeness (QED) is 0.283. The standard InChI is InChI=1S/C24H19F6N3O2/c1-13(2)35-17-10-6-15(7-11-17)21-20(14-4-8-16(34-3)9-5-14)22-31-18(23(25,26)27)12-19(24(28,29)30)33(22)32-21/h4-13H,1-3H3. The fraction of sp³-hybridized carbons (Fsp3) is 0.250. The summed E-state index contributed by atoms with van der Waals surface area (Å²) in [5.74, 6) is 0.980. The Hall–Kier alpha value is -3.76. The van der Waals surface area contributed by atoms with Crippen molar-refractivity contribution in [1.82, 2.24) is 14.6 Å². The summed E-state index contributed by atoms with van der Waals surface area (Å²) in [6.07, 6.45) is -10.3. The lowest BCUT2D eigenvalue weighted by atomic mass is 10.0. The van der Waals surface area contributed by atoms with Crippen molar-refractivity contribution in [2.24, 2.45) is 0 Å². The molecule has 4 rings (SSSR count). The number of rotatable bonds is 5. The Bertz CT molecular complexity index is 1340. The van der Waals surface area contributed by atoms with E-state index in [1.807, 2.05) is 13.8 Å². The van der Waals surface area contributed by atoms with Gasteiger partial charge in [-0.3, -0.25) is 0 Å². The van der Waals surface area contributed by atoms with Gasteiger partial charge < -0.3 is 9.47 Å². The predicted octanol–water partition coefficient (Wildman–Crippen LogP) is 6.90. The van der Waals surface area contributed by atoms with Crippen LogP contribution < -0.4 is 9.47 Å². The molecule has 0 unspecified atom stereocenters. The zero-order valence-electron chi connectivity index (χ0n) is 18.7. The van der Waals surface area contributed by atoms with Crippen molar-refractivity contribution >= 4 is 5.65 Å². The Morgan fingerprint density at radius 1 is 0.800 bits per heavy atom. The molecule has 2 aromatic heterocycles. The van der Waals surface area contributed by atoms with Gasteiger partial charge in [-0.05, 0) is 61.9 Å². The molecule has 35 heavy (non-hydrogen) atoms. The van der Waals surface area contributed by atoms with Gasteiger partial charge in [-0.25, -0.2) is 9.50 Å². The van der Waals surface area contributed by atoms with Crippen molar-refractivity contribution in [3.8, 4) is 33.9 Å². The summed E-state index contributed by atoms with van der Waals surface area (Å²) in [7, 11) is 1.43. The highest BCUT2D eigenvalue weighted by molar-refractivity contribution is 5.90. The van der Waals surface area contributed by atoms with Gasteiger partial charge in [-0.1, -0.05) is 12.1 Å². The number of ether oxygens (including phenoxy) is 2. The number of aromatic nitrogens is 3. The average molecular weight is 495 g/mol. The smallest absolute Gasteiger partial charge is 0.433 e. The van der Waals surface area contributed by atoms with E-state index in [9.17, 15) is 26.3 Å². The van der Waals surface area contributed by atoms with E-state index in [2.05, 4.69) is 10.1 Å². The molecule has 5 nitrogen and oxygen atoms in total. The minimum absolute atomic E-state index is 0.0155. The summed E-state index contributed by atoms with van der Waals surface area (Å²) in [5.41, 5.74) is -3.09. The third kappa shape index (κ3) is 4.89. The van der Waals surface area contributed by atoms with Crippen molar-refractivity contribution in [2.45, 2.75) is 32.3 Å². The number of methoxy groups -OCH3 is 1. The maximum absolute atomic E-state index is 13.8. The van der Waals surface area contributed by atoms with Crippen LogP contribution in [0.5, 0.6) is 11.5 Å². The Kier molecular flexibility index (Phi) is 6.12. The van der Waals surface area contributed by atoms with Crippen LogP contribution in [0.25, 0.3) is 28.0 Å². The Balaban J connectivity index is 2.04. The molecule has 0 saturated carbocycles. The normalized spacial score (nSPS) is 12.4. The first-order chi connectivity index (χ1) is 16.4. The maximum atomic E-state index is 13.8. The highest BCUT2D eigenvalue weighted by Gasteiger charge is 2.41. The molecule has 0 amide bonds. The number of benzene rings is 2. The van der Waals surface area contributed by atoms with E-state index in [0.717, 1.165) is 0 Å². The van der Waals surface area contributed by atoms with Crippen molar-refractivity contribution in [1.29, 1.82) is 0 Å². The van der Waals surface area contributed by atoms with E-state index in [1.165, 1.54) is 19.2 Å². The van der Waals surface area contributed by atoms with Gasteiger partial charge in [0.15, 0.2) is 11.3 Å². The number of fused-ring (bicyclic) bond motifs is 1. The topological polar surface area (TPSA) is 48.7 Å². The predicted molar refractivity (Wildman–Crippen MR) is 116 cm³/mol. The van der Waals surface area contributed by atoms with Crippen LogP contribution in [0.2, 0.25) is 0 Å². The summed E-state index contributed by atoms with van der Waals surface area (Å²) in [5, 5.41) is 4.08. The molecule has 0 fully saturated rings. The van der Waals surface area contributed by atoms with E-state index in [1.54, 1.807) is 36.4 Å². The zero-order chi connectivity index (χ0) is 25.5. The van der Waals surface area contributed by atoms with Crippen LogP contribution in [0.3, 0.4) is 0 Å². The second kappa shape index (κ2) is 8.79. The molecule has 0 atom stereocenters. The second-order valence-electron chi connectivity index (χ2n) is 7.90. The van der Waals surface area contributed by atoms with Crippen LogP contribution in [0.4, 0.5) is 26.3 Å². The van der Waals surface area contributed by atoms with Crippen LogP contribution in [0.15, 0.2) is 54.6 Å². The number of nitrogens with zero attached hydrogens (tertiary/aromatic N) is 3. The SMILES string of the molecule is COc1ccc(-c2c(-c3ccc(OC(C)C)cc3)nn3c(C(F)(F)F)cc(C(F)(F)F)nc23)cc1. The largest absolute Gasteiger partial charge is 0.497 e. The third-order valence-electron chi connectivity index (χ3n) is 5.05. The van der Waals surface area contributed by atoms with Gasteiger partial charge >= 0.3 is 12.4 Å². The summed E-state index contributed by atoms with van der Waals surface area (Å²) >= 11 is 0. The summed E-state index contributed by atoms with van der Waals surface area (Å²) in [6, 6.07) is 12.4. The van der Waals surface area contributed by atoms with Crippen LogP contribution in [-0.4, -0.2) is 27.8 Å². The Morgan fingerprint density at radius 3 is 1.89 bits per heavy atom. The lowest BCUT2D eigenvalue weighted by Gasteiger charge is -2.13. The monoisotopic (exact) mass is 495 g/mol. The van der Waals surface area contributed by atoms with E-state index in [4.69, 9.17) is 9.47 Å². The van der Waals surface area contributed by atoms with Crippen LogP contribution >= 0.6 is 0 Å². The molecular weight excluding hydrogens is 476 g/mol. The Labute approximate surface area is 195 Å². The first-order valence-electron chi connectivity index (χ1n) is 10.4. The second-order valence-corrected chi connectivity index (χ2v) is 7.90. The van der Waals surface area contributed by atoms with Gasteiger partial charge in [-0.2, -0.15) is 31.4 Å². The molecule has 184 valence electrons. The van der Waals surface area contributed by atoms with Gasteiger partial charge in [-0.15, -0.1) is 0 Å². The summed E-state index contributed by atoms with van der Waals surface area (Å²) < 4.78 is 93.1. The lowest BCUT2D eigenvalue weighted by Crippen LogP contribution is -2.18. The molecule has 2 aromatic carbocycles. The first kappa shape index (κ1) is 24.4. The van der Waals surface area contributed by atoms with Crippen molar-refractivity contribution in [3.05, 3.63) is 66.0 Å². The minimum Gasteiger partial charge on any atom is -0.497 e. The summed E-state index contributed by atoms with van der Waals surface area (Å²) in [4.78, 5) is 3.56. The number of halogens is 6. The highest BCUT2D eigenvalue weighted by Crippen LogP contribution is 2.41. The molecule has 0 N–H and O–H groups in total. The van der Waals surface area contributed by atoms with Gasteiger partial charge in [0, 0.05) is 5.56 Å². The van der Waals surface area contributed by atoms with Crippen LogP contribution in [0.1, 0.15) is 25.2 Å². The molecule has 4 aromatic rings. The molecule has 0 aliphatic heterocycles. The maximum Gasteiger partial charge on any atom is 0.433 e. The fourth-order valence-electron chi connectivity index (χ4n) is 3.55. The third-order valence-corrected chi connectivity index (χ3v) is 5.05. The molecule has 0 aliphatic rings. The Morgan fingerprint density at radius 2 is 1.37 bits per heavy atom. The van der Waals surface area contributed by atoms with Crippen molar-refractivity contribution in [3.63, 3.8) is 0 Å².